The fourth-order valence-corrected chi connectivity index (χ4v) is 5.78. The van der Waals surface area contributed by atoms with Crippen molar-refractivity contribution in [1.29, 1.82) is 0 Å². The van der Waals surface area contributed by atoms with Crippen molar-refractivity contribution in [2.45, 2.75) is 63.3 Å². The van der Waals surface area contributed by atoms with Gasteiger partial charge in [-0.05, 0) is 58.9 Å². The quantitative estimate of drug-likeness (QED) is 0.381. The van der Waals surface area contributed by atoms with Gasteiger partial charge >= 0.3 is 0 Å². The van der Waals surface area contributed by atoms with Crippen molar-refractivity contribution in [3.63, 3.8) is 0 Å². The molecule has 0 fully saturated rings. The van der Waals surface area contributed by atoms with Gasteiger partial charge in [-0.15, -0.1) is 0 Å². The molecule has 5 rings (SSSR count). The van der Waals surface area contributed by atoms with Crippen molar-refractivity contribution >= 4 is 12.1 Å². The third kappa shape index (κ3) is 5.82. The lowest BCUT2D eigenvalue weighted by Gasteiger charge is -2.36. The van der Waals surface area contributed by atoms with Crippen molar-refractivity contribution in [1.82, 2.24) is 4.90 Å². The monoisotopic (exact) mass is 524 g/mol. The highest BCUT2D eigenvalue weighted by Gasteiger charge is 2.40. The average Bonchev–Trinajstić information content (AvgIpc) is 3.42. The molecule has 2 unspecified atom stereocenters. The minimum Gasteiger partial charge on any atom is -0.508 e. The van der Waals surface area contributed by atoms with Gasteiger partial charge in [-0.3, -0.25) is 9.79 Å². The second kappa shape index (κ2) is 11.2. The second-order valence-corrected chi connectivity index (χ2v) is 10.8. The van der Waals surface area contributed by atoms with Crippen molar-refractivity contribution in [2.75, 3.05) is 6.54 Å². The molecule has 202 valence electrons. The zero-order valence-corrected chi connectivity index (χ0v) is 22.4. The lowest BCUT2D eigenvalue weighted by molar-refractivity contribution is -0.131. The maximum Gasteiger partial charge on any atom is 0.227 e. The molecule has 0 aromatic heterocycles. The van der Waals surface area contributed by atoms with E-state index in [0.717, 1.165) is 30.5 Å². The summed E-state index contributed by atoms with van der Waals surface area (Å²) in [5.74, 6) is 0.115. The number of aliphatic hydroxyl groups is 2. The number of aliphatic hydroxyl groups excluding tert-OH is 1. The zero-order valence-electron chi connectivity index (χ0n) is 22.4. The highest BCUT2D eigenvalue weighted by Crippen LogP contribution is 2.40. The predicted molar refractivity (Wildman–Crippen MR) is 153 cm³/mol. The van der Waals surface area contributed by atoms with Gasteiger partial charge in [-0.25, -0.2) is 0 Å². The minimum absolute atomic E-state index is 0.00111. The van der Waals surface area contributed by atoms with Gasteiger partial charge < -0.3 is 20.2 Å². The fraction of sp³-hybridized carbons (Fsp3) is 0.333. The Hall–Kier alpha value is -3.74. The summed E-state index contributed by atoms with van der Waals surface area (Å²) in [4.78, 5) is 19.6. The van der Waals surface area contributed by atoms with E-state index in [2.05, 4.69) is 24.0 Å². The molecule has 0 radical (unpaired) electrons. The number of rotatable bonds is 9. The van der Waals surface area contributed by atoms with Crippen LogP contribution in [-0.2, 0) is 42.8 Å². The molecule has 2 aliphatic heterocycles. The molecule has 6 nitrogen and oxygen atoms in total. The van der Waals surface area contributed by atoms with Crippen LogP contribution in [0.2, 0.25) is 0 Å². The summed E-state index contributed by atoms with van der Waals surface area (Å²) in [7, 11) is 0. The Bertz CT molecular complexity index is 1380. The highest BCUT2D eigenvalue weighted by atomic mass is 16.3. The van der Waals surface area contributed by atoms with Crippen molar-refractivity contribution in [3.05, 3.63) is 112 Å². The number of amides is 1. The molecular weight excluding hydrogens is 488 g/mol. The number of fused-ring (bicyclic) bond motifs is 1. The van der Waals surface area contributed by atoms with Crippen LogP contribution in [0.25, 0.3) is 0 Å². The Morgan fingerprint density at radius 3 is 2.49 bits per heavy atom. The molecule has 3 aromatic carbocycles. The molecular formula is C33H36N2O4. The fourth-order valence-electron chi connectivity index (χ4n) is 5.78. The second-order valence-electron chi connectivity index (χ2n) is 10.8. The number of allylic oxidation sites excluding steroid dienone is 1. The van der Waals surface area contributed by atoms with E-state index in [4.69, 9.17) is 0 Å². The van der Waals surface area contributed by atoms with Crippen LogP contribution < -0.4 is 0 Å². The molecule has 2 heterocycles. The largest absolute Gasteiger partial charge is 0.508 e. The van der Waals surface area contributed by atoms with Crippen LogP contribution in [0.15, 0.2) is 83.9 Å². The summed E-state index contributed by atoms with van der Waals surface area (Å²) in [6, 6.07) is 21.1. The van der Waals surface area contributed by atoms with Gasteiger partial charge in [0.15, 0.2) is 0 Å². The molecule has 1 amide bonds. The van der Waals surface area contributed by atoms with Crippen LogP contribution in [0.3, 0.4) is 0 Å². The first-order valence-electron chi connectivity index (χ1n) is 13.6. The Labute approximate surface area is 230 Å². The number of hydrogen-bond acceptors (Lipinski definition) is 5. The van der Waals surface area contributed by atoms with Crippen LogP contribution in [0, 0.1) is 0 Å². The van der Waals surface area contributed by atoms with Gasteiger partial charge in [0.1, 0.15) is 5.75 Å². The maximum atomic E-state index is 13.1. The molecule has 0 bridgehead atoms. The zero-order chi connectivity index (χ0) is 27.5. The topological polar surface area (TPSA) is 93.4 Å². The number of aliphatic imine (C=N–C) groups is 1. The Morgan fingerprint density at radius 1 is 1.05 bits per heavy atom. The van der Waals surface area contributed by atoms with E-state index in [1.54, 1.807) is 18.3 Å². The van der Waals surface area contributed by atoms with Crippen molar-refractivity contribution < 1.29 is 20.1 Å². The van der Waals surface area contributed by atoms with E-state index in [-0.39, 0.29) is 18.3 Å². The molecule has 6 heteroatoms. The average molecular weight is 525 g/mol. The number of carbonyl (C=O) groups is 1. The molecule has 0 aliphatic carbocycles. The number of hydrogen-bond donors (Lipinski definition) is 3. The number of carbonyl (C=O) groups excluding carboxylic acids is 1. The van der Waals surface area contributed by atoms with Gasteiger partial charge in [-0.1, -0.05) is 67.6 Å². The summed E-state index contributed by atoms with van der Waals surface area (Å²) >= 11 is 0. The van der Waals surface area contributed by atoms with E-state index < -0.39 is 11.1 Å². The van der Waals surface area contributed by atoms with E-state index in [0.29, 0.717) is 36.9 Å². The number of phenols is 1. The highest BCUT2D eigenvalue weighted by molar-refractivity contribution is 5.79. The van der Waals surface area contributed by atoms with Crippen LogP contribution in [0.4, 0.5) is 0 Å². The standard InChI is InChI=1S/C33H36N2O4/c1-2-32(15-5-16-34-32)23-33(39,29-12-13-30(37)28(19-29)22-36)20-25-10-8-24(9-11-25)18-31(38)35-17-14-26-6-3-4-7-27(26)21-35/h3-13,15-16,19,36-37,39H,2,14,17-18,20-23H2,1H3. The Kier molecular flexibility index (Phi) is 7.69. The van der Waals surface area contributed by atoms with E-state index >= 15 is 0 Å². The van der Waals surface area contributed by atoms with E-state index in [1.807, 2.05) is 53.5 Å². The molecule has 0 spiro atoms. The van der Waals surface area contributed by atoms with Crippen LogP contribution in [0.5, 0.6) is 5.75 Å². The first-order valence-corrected chi connectivity index (χ1v) is 13.6. The van der Waals surface area contributed by atoms with Gasteiger partial charge in [-0.2, -0.15) is 0 Å². The molecule has 0 saturated heterocycles. The maximum absolute atomic E-state index is 13.1. The molecule has 3 N–H and O–H groups in total. The van der Waals surface area contributed by atoms with Crippen molar-refractivity contribution in [3.8, 4) is 5.75 Å². The van der Waals surface area contributed by atoms with E-state index in [1.165, 1.54) is 17.2 Å². The first-order chi connectivity index (χ1) is 18.8. The Morgan fingerprint density at radius 2 is 1.79 bits per heavy atom. The summed E-state index contributed by atoms with van der Waals surface area (Å²) in [6.45, 7) is 3.12. The van der Waals surface area contributed by atoms with Gasteiger partial charge in [0.05, 0.1) is 24.2 Å². The lowest BCUT2D eigenvalue weighted by Crippen LogP contribution is -2.38. The lowest BCUT2D eigenvalue weighted by atomic mass is 9.75. The molecule has 39 heavy (non-hydrogen) atoms. The Balaban J connectivity index is 1.33. The molecule has 0 saturated carbocycles. The first kappa shape index (κ1) is 26.9. The number of aromatic hydroxyl groups is 1. The van der Waals surface area contributed by atoms with Gasteiger partial charge in [0.25, 0.3) is 0 Å². The summed E-state index contributed by atoms with van der Waals surface area (Å²) in [5.41, 5.74) is 3.58. The van der Waals surface area contributed by atoms with Crippen molar-refractivity contribution in [2.24, 2.45) is 4.99 Å². The van der Waals surface area contributed by atoms with Crippen LogP contribution in [-0.4, -0.2) is 44.4 Å². The molecule has 3 aromatic rings. The van der Waals surface area contributed by atoms with Crippen LogP contribution in [0.1, 0.15) is 53.1 Å². The van der Waals surface area contributed by atoms with Crippen LogP contribution >= 0.6 is 0 Å². The van der Waals surface area contributed by atoms with E-state index in [9.17, 15) is 20.1 Å². The number of nitrogens with zero attached hydrogens (tertiary/aromatic N) is 2. The number of benzene rings is 3. The predicted octanol–water partition coefficient (Wildman–Crippen LogP) is 4.62. The molecule has 2 aliphatic rings. The summed E-state index contributed by atoms with van der Waals surface area (Å²) in [6.07, 6.45) is 8.34. The minimum atomic E-state index is -1.29. The molecule has 2 atom stereocenters. The normalized spacial score (nSPS) is 19.6. The van der Waals surface area contributed by atoms with Gasteiger partial charge in [0, 0.05) is 37.7 Å². The summed E-state index contributed by atoms with van der Waals surface area (Å²) in [5, 5.41) is 32.0. The SMILES string of the molecule is CCC1(CC(O)(Cc2ccc(CC(=O)N3CCc4ccccc4C3)cc2)c2ccc(O)c(CO)c2)C=CC=N1. The van der Waals surface area contributed by atoms with Gasteiger partial charge in [0.2, 0.25) is 5.91 Å². The summed E-state index contributed by atoms with van der Waals surface area (Å²) < 4.78 is 0. The smallest absolute Gasteiger partial charge is 0.227 e. The third-order valence-corrected chi connectivity index (χ3v) is 8.18. The third-order valence-electron chi connectivity index (χ3n) is 8.18.